The Morgan fingerprint density at radius 3 is 2.47 bits per heavy atom. The second-order valence-electron chi connectivity index (χ2n) is 7.28. The molecule has 11 heteroatoms. The van der Waals surface area contributed by atoms with E-state index in [0.29, 0.717) is 18.8 Å². The summed E-state index contributed by atoms with van der Waals surface area (Å²) in [6.07, 6.45) is -0.376. The average Bonchev–Trinajstić information content (AvgIpc) is 3.04. The van der Waals surface area contributed by atoms with Gasteiger partial charge in [0.2, 0.25) is 5.53 Å². The van der Waals surface area contributed by atoms with Gasteiger partial charge in [-0.1, -0.05) is 0 Å². The van der Waals surface area contributed by atoms with E-state index in [1.54, 1.807) is 34.6 Å². The molecule has 0 aliphatic carbocycles. The van der Waals surface area contributed by atoms with E-state index < -0.39 is 42.6 Å². The standard InChI is InChI=1S/C19H33N2O8P/c1-6-26-19(5,27-7-2)30(25,28-8-3)10-9-15-14(22)11-16(29-15)21-12-13(4)17(23)20-18(21)24/h12,14-16,22H,6-11H2,1-5H3,(H,20,23,24)/t14-,15-,16-,30?/m1/s1. The van der Waals surface area contributed by atoms with Crippen molar-refractivity contribution in [2.75, 3.05) is 26.0 Å². The molecule has 1 aromatic rings. The third-order valence-corrected chi connectivity index (χ3v) is 8.17. The lowest BCUT2D eigenvalue weighted by atomic mass is 10.1. The zero-order chi connectivity index (χ0) is 22.5. The van der Waals surface area contributed by atoms with Crippen LogP contribution in [0.15, 0.2) is 15.8 Å². The van der Waals surface area contributed by atoms with Crippen molar-refractivity contribution in [3.63, 3.8) is 0 Å². The van der Waals surface area contributed by atoms with Gasteiger partial charge in [0.1, 0.15) is 6.23 Å². The molecule has 1 aromatic heterocycles. The van der Waals surface area contributed by atoms with Gasteiger partial charge in [-0.3, -0.25) is 18.9 Å². The molecule has 1 aliphatic heterocycles. The molecule has 2 N–H and O–H groups in total. The summed E-state index contributed by atoms with van der Waals surface area (Å²) in [6, 6.07) is 0. The Balaban J connectivity index is 2.17. The van der Waals surface area contributed by atoms with Crippen LogP contribution in [-0.4, -0.2) is 58.4 Å². The summed E-state index contributed by atoms with van der Waals surface area (Å²) in [7, 11) is -3.42. The number of H-pyrrole nitrogens is 1. The molecule has 1 aliphatic rings. The van der Waals surface area contributed by atoms with Crippen LogP contribution < -0.4 is 11.2 Å². The van der Waals surface area contributed by atoms with Gasteiger partial charge in [0, 0.05) is 37.6 Å². The summed E-state index contributed by atoms with van der Waals surface area (Å²) in [4.78, 5) is 25.9. The average molecular weight is 448 g/mol. The van der Waals surface area contributed by atoms with Crippen LogP contribution in [-0.2, 0) is 23.3 Å². The molecule has 0 aromatic carbocycles. The van der Waals surface area contributed by atoms with Gasteiger partial charge in [0.05, 0.1) is 18.8 Å². The molecule has 10 nitrogen and oxygen atoms in total. The predicted octanol–water partition coefficient (Wildman–Crippen LogP) is 1.94. The minimum absolute atomic E-state index is 0.0747. The highest BCUT2D eigenvalue weighted by Crippen LogP contribution is 2.61. The normalized spacial score (nSPS) is 24.1. The van der Waals surface area contributed by atoms with Crippen LogP contribution in [0.1, 0.15) is 52.3 Å². The molecule has 4 atom stereocenters. The largest absolute Gasteiger partial charge is 0.390 e. The van der Waals surface area contributed by atoms with Crippen LogP contribution in [0.25, 0.3) is 0 Å². The highest BCUT2D eigenvalue weighted by atomic mass is 31.2. The third kappa shape index (κ3) is 5.30. The number of aryl methyl sites for hydroxylation is 1. The van der Waals surface area contributed by atoms with Crippen molar-refractivity contribution < 1.29 is 28.4 Å². The lowest BCUT2D eigenvalue weighted by Crippen LogP contribution is -2.36. The molecule has 2 rings (SSSR count). The summed E-state index contributed by atoms with van der Waals surface area (Å²) in [5.41, 5.74) is -2.11. The van der Waals surface area contributed by atoms with E-state index in [4.69, 9.17) is 18.7 Å². The Bertz CT molecular complexity index is 861. The lowest BCUT2D eigenvalue weighted by molar-refractivity contribution is -0.168. The maximum absolute atomic E-state index is 13.7. The number of hydrogen-bond donors (Lipinski definition) is 2. The Kier molecular flexibility index (Phi) is 8.61. The minimum atomic E-state index is -3.42. The van der Waals surface area contributed by atoms with Gasteiger partial charge in [-0.05, 0) is 41.0 Å². The quantitative estimate of drug-likeness (QED) is 0.388. The van der Waals surface area contributed by atoms with Crippen molar-refractivity contribution >= 4 is 7.37 Å². The number of nitrogens with one attached hydrogen (secondary N) is 1. The highest BCUT2D eigenvalue weighted by molar-refractivity contribution is 7.60. The first-order valence-electron chi connectivity index (χ1n) is 10.3. The first-order chi connectivity index (χ1) is 14.1. The summed E-state index contributed by atoms with van der Waals surface area (Å²) in [6.45, 7) is 9.31. The third-order valence-electron chi connectivity index (χ3n) is 5.15. The predicted molar refractivity (Wildman–Crippen MR) is 111 cm³/mol. The summed E-state index contributed by atoms with van der Waals surface area (Å²) in [5.74, 6) is 0. The molecule has 0 bridgehead atoms. The second-order valence-corrected chi connectivity index (χ2v) is 10.1. The first-order valence-corrected chi connectivity index (χ1v) is 12.1. The molecule has 0 radical (unpaired) electrons. The van der Waals surface area contributed by atoms with Gasteiger partial charge < -0.3 is 23.8 Å². The van der Waals surface area contributed by atoms with E-state index in [-0.39, 0.29) is 25.6 Å². The van der Waals surface area contributed by atoms with E-state index >= 15 is 0 Å². The molecule has 2 heterocycles. The molecule has 30 heavy (non-hydrogen) atoms. The van der Waals surface area contributed by atoms with Gasteiger partial charge in [-0.2, -0.15) is 0 Å². The smallest absolute Gasteiger partial charge is 0.330 e. The number of nitrogens with zero attached hydrogens (tertiary/aromatic N) is 1. The summed E-state index contributed by atoms with van der Waals surface area (Å²) in [5, 5.41) is 10.5. The van der Waals surface area contributed by atoms with Gasteiger partial charge in [0.15, 0.2) is 0 Å². The van der Waals surface area contributed by atoms with Crippen molar-refractivity contribution in [2.45, 2.75) is 71.4 Å². The number of hydrogen-bond acceptors (Lipinski definition) is 8. The van der Waals surface area contributed by atoms with Crippen LogP contribution in [0, 0.1) is 6.92 Å². The molecule has 0 spiro atoms. The minimum Gasteiger partial charge on any atom is -0.390 e. The molecule has 1 unspecified atom stereocenters. The van der Waals surface area contributed by atoms with Crippen molar-refractivity contribution in [1.82, 2.24) is 9.55 Å². The number of aromatic nitrogens is 2. The SMILES string of the molecule is CCOC(C)(OCC)P(=O)(CC[C@H]1O[C@@H](n2cc(C)c(=O)[nH]c2=O)C[C@H]1O)OCC. The second kappa shape index (κ2) is 10.3. The first kappa shape index (κ1) is 25.0. The molecule has 1 fully saturated rings. The fraction of sp³-hybridized carbons (Fsp3) is 0.789. The van der Waals surface area contributed by atoms with E-state index in [0.717, 1.165) is 0 Å². The summed E-state index contributed by atoms with van der Waals surface area (Å²) >= 11 is 0. The maximum Gasteiger partial charge on any atom is 0.330 e. The van der Waals surface area contributed by atoms with E-state index in [9.17, 15) is 19.3 Å². The van der Waals surface area contributed by atoms with E-state index in [1.165, 1.54) is 10.8 Å². The maximum atomic E-state index is 13.7. The zero-order valence-electron chi connectivity index (χ0n) is 18.3. The monoisotopic (exact) mass is 448 g/mol. The summed E-state index contributed by atoms with van der Waals surface area (Å²) < 4.78 is 37.8. The Labute approximate surface area is 175 Å². The van der Waals surface area contributed by atoms with Crippen molar-refractivity contribution in [2.24, 2.45) is 0 Å². The Morgan fingerprint density at radius 1 is 1.27 bits per heavy atom. The van der Waals surface area contributed by atoms with Crippen molar-refractivity contribution in [3.05, 3.63) is 32.6 Å². The van der Waals surface area contributed by atoms with Crippen LogP contribution in [0.5, 0.6) is 0 Å². The molecule has 1 saturated heterocycles. The van der Waals surface area contributed by atoms with Gasteiger partial charge >= 0.3 is 5.69 Å². The topological polar surface area (TPSA) is 129 Å². The Hall–Kier alpha value is -1.29. The number of aromatic amines is 1. The highest BCUT2D eigenvalue weighted by Gasteiger charge is 2.48. The fourth-order valence-electron chi connectivity index (χ4n) is 3.61. The fourth-order valence-corrected chi connectivity index (χ4v) is 6.04. The van der Waals surface area contributed by atoms with Crippen LogP contribution in [0.2, 0.25) is 0 Å². The van der Waals surface area contributed by atoms with Gasteiger partial charge in [-0.15, -0.1) is 0 Å². The van der Waals surface area contributed by atoms with Crippen LogP contribution in [0.3, 0.4) is 0 Å². The van der Waals surface area contributed by atoms with Gasteiger partial charge in [-0.25, -0.2) is 4.79 Å². The number of aliphatic hydroxyl groups excluding tert-OH is 1. The molecular weight excluding hydrogens is 415 g/mol. The molecule has 172 valence electrons. The van der Waals surface area contributed by atoms with Gasteiger partial charge in [0.25, 0.3) is 12.9 Å². The molecule has 0 amide bonds. The molecule has 0 saturated carbocycles. The van der Waals surface area contributed by atoms with Crippen LogP contribution >= 0.6 is 7.37 Å². The van der Waals surface area contributed by atoms with E-state index in [1.807, 2.05) is 0 Å². The van der Waals surface area contributed by atoms with Crippen molar-refractivity contribution in [1.29, 1.82) is 0 Å². The van der Waals surface area contributed by atoms with E-state index in [2.05, 4.69) is 4.98 Å². The number of aliphatic hydroxyl groups is 1. The van der Waals surface area contributed by atoms with Crippen molar-refractivity contribution in [3.8, 4) is 0 Å². The number of rotatable bonds is 11. The molecular formula is C19H33N2O8P. The van der Waals surface area contributed by atoms with Crippen LogP contribution in [0.4, 0.5) is 0 Å². The zero-order valence-corrected chi connectivity index (χ0v) is 19.1. The number of ether oxygens (including phenoxy) is 3. The lowest BCUT2D eigenvalue weighted by Gasteiger charge is -2.36. The Morgan fingerprint density at radius 2 is 1.90 bits per heavy atom.